The number of nitrogens with one attached hydrogen (secondary N) is 1. The molecule has 5 nitrogen and oxygen atoms in total. The fraction of sp³-hybridized carbons (Fsp3) is 0.581. The Morgan fingerprint density at radius 2 is 1.54 bits per heavy atom. The Hall–Kier alpha value is -2.05. The number of amides is 1. The first-order chi connectivity index (χ1) is 17.2. The van der Waals surface area contributed by atoms with Crippen molar-refractivity contribution in [2.45, 2.75) is 99.7 Å². The lowest BCUT2D eigenvalue weighted by molar-refractivity contribution is 0.0636. The summed E-state index contributed by atoms with van der Waals surface area (Å²) in [6.07, 6.45) is 3.02. The topological polar surface area (TPSA) is 73.6 Å². The van der Waals surface area contributed by atoms with E-state index in [1.807, 2.05) is 32.9 Å². The van der Waals surface area contributed by atoms with Gasteiger partial charge in [0, 0.05) is 4.47 Å². The van der Waals surface area contributed by atoms with Gasteiger partial charge in [0.15, 0.2) is 0 Å². The van der Waals surface area contributed by atoms with Crippen molar-refractivity contribution in [1.29, 1.82) is 0 Å². The molecule has 0 aliphatic rings. The quantitative estimate of drug-likeness (QED) is 0.295. The average molecular weight is 578 g/mol. The highest BCUT2D eigenvalue weighted by molar-refractivity contribution is 9.10. The van der Waals surface area contributed by atoms with Crippen molar-refractivity contribution in [3.63, 3.8) is 0 Å². The molecule has 1 atom stereocenters. The average Bonchev–Trinajstić information content (AvgIpc) is 2.83. The molecule has 6 heteroatoms. The van der Waals surface area contributed by atoms with Gasteiger partial charge in [0.2, 0.25) is 0 Å². The van der Waals surface area contributed by atoms with Gasteiger partial charge in [-0.1, -0.05) is 78.6 Å². The van der Waals surface area contributed by atoms with E-state index in [2.05, 4.69) is 92.8 Å². The lowest BCUT2D eigenvalue weighted by atomic mass is 9.66. The van der Waals surface area contributed by atoms with Crippen LogP contribution in [0.5, 0.6) is 5.75 Å². The largest absolute Gasteiger partial charge is 0.489 e. The van der Waals surface area contributed by atoms with Gasteiger partial charge >= 0.3 is 6.09 Å². The van der Waals surface area contributed by atoms with E-state index in [4.69, 9.17) is 9.47 Å². The van der Waals surface area contributed by atoms with Gasteiger partial charge in [-0.25, -0.2) is 4.79 Å². The molecule has 0 radical (unpaired) electrons. The third-order valence-electron chi connectivity index (χ3n) is 6.93. The summed E-state index contributed by atoms with van der Waals surface area (Å²) in [5, 5.41) is 2.76. The summed E-state index contributed by atoms with van der Waals surface area (Å²) in [5.41, 5.74) is 7.68. The fourth-order valence-electron chi connectivity index (χ4n) is 3.90. The number of ether oxygens (including phenoxy) is 2. The Morgan fingerprint density at radius 1 is 0.946 bits per heavy atom. The van der Waals surface area contributed by atoms with Crippen molar-refractivity contribution in [1.82, 2.24) is 0 Å². The van der Waals surface area contributed by atoms with Crippen LogP contribution in [0.4, 0.5) is 10.5 Å². The number of benzene rings is 2. The van der Waals surface area contributed by atoms with Gasteiger partial charge in [0.05, 0.1) is 5.69 Å². The highest BCUT2D eigenvalue weighted by Crippen LogP contribution is 2.46. The molecule has 3 N–H and O–H groups in total. The molecule has 0 bridgehead atoms. The van der Waals surface area contributed by atoms with Crippen LogP contribution in [-0.4, -0.2) is 18.7 Å². The number of nitrogens with two attached hydrogens (primary N) is 1. The molecule has 0 aliphatic heterocycles. The number of carbonyl (C=O) groups excluding carboxylic acids is 1. The van der Waals surface area contributed by atoms with E-state index in [-0.39, 0.29) is 5.41 Å². The van der Waals surface area contributed by atoms with Crippen molar-refractivity contribution in [3.05, 3.63) is 58.1 Å². The predicted octanol–water partition coefficient (Wildman–Crippen LogP) is 9.30. The van der Waals surface area contributed by atoms with E-state index in [0.717, 1.165) is 22.2 Å². The molecular formula is C31H49BrN2O3. The minimum atomic E-state index is -0.548. The molecule has 0 heterocycles. The van der Waals surface area contributed by atoms with Crippen LogP contribution in [0, 0.1) is 10.8 Å². The van der Waals surface area contributed by atoms with Crippen LogP contribution in [0.3, 0.4) is 0 Å². The van der Waals surface area contributed by atoms with Crippen LogP contribution < -0.4 is 15.8 Å². The molecule has 2 aromatic rings. The van der Waals surface area contributed by atoms with Crippen molar-refractivity contribution in [2.75, 3.05) is 12.4 Å². The molecule has 0 saturated heterocycles. The third kappa shape index (κ3) is 11.1. The maximum absolute atomic E-state index is 12.0. The monoisotopic (exact) mass is 576 g/mol. The Morgan fingerprint density at radius 3 is 2.03 bits per heavy atom. The Kier molecular flexibility index (Phi) is 12.7. The van der Waals surface area contributed by atoms with E-state index in [0.29, 0.717) is 23.6 Å². The number of anilines is 1. The molecule has 0 aliphatic carbocycles. The molecule has 0 saturated carbocycles. The zero-order valence-electron chi connectivity index (χ0n) is 24.6. The number of rotatable bonds is 10. The minimum Gasteiger partial charge on any atom is -0.489 e. The van der Waals surface area contributed by atoms with Crippen LogP contribution >= 0.6 is 15.9 Å². The number of carbonyl (C=O) groups is 1. The first kappa shape index (κ1) is 33.0. The Bertz CT molecular complexity index is 979. The van der Waals surface area contributed by atoms with Crippen molar-refractivity contribution < 1.29 is 14.3 Å². The highest BCUT2D eigenvalue weighted by Gasteiger charge is 2.33. The normalized spacial score (nSPS) is 12.8. The maximum Gasteiger partial charge on any atom is 0.412 e. The Balaban J connectivity index is 0.00000334. The summed E-state index contributed by atoms with van der Waals surface area (Å²) in [5.74, 6) is 1.24. The molecule has 0 spiro atoms. The smallest absolute Gasteiger partial charge is 0.412 e. The lowest BCUT2D eigenvalue weighted by Crippen LogP contribution is -2.27. The zero-order chi connectivity index (χ0) is 28.4. The summed E-state index contributed by atoms with van der Waals surface area (Å²) in [4.78, 5) is 12.0. The van der Waals surface area contributed by atoms with E-state index in [1.54, 1.807) is 6.07 Å². The summed E-state index contributed by atoms with van der Waals surface area (Å²) in [7, 11) is 1.50. The standard InChI is InChI=1S/C30H44BrNO3.CH5N/c1-10-29(6,7)19-24(30(8,9)11-2)22-14-12-21(13-15-22)20-34-23-16-17-26(25(31)18-23)32-27(33)35-28(3,4)5;1-2/h12-18,24H,10-11,19-20H2,1-9H3,(H,32,33);2H2,1H3. The summed E-state index contributed by atoms with van der Waals surface area (Å²) in [6, 6.07) is 14.4. The molecule has 2 aromatic carbocycles. The first-order valence-electron chi connectivity index (χ1n) is 13.2. The highest BCUT2D eigenvalue weighted by atomic mass is 79.9. The van der Waals surface area contributed by atoms with Gasteiger partial charge in [0.1, 0.15) is 18.0 Å². The van der Waals surface area contributed by atoms with Crippen molar-refractivity contribution in [2.24, 2.45) is 16.6 Å². The molecule has 0 fully saturated rings. The van der Waals surface area contributed by atoms with E-state index in [1.165, 1.54) is 25.5 Å². The van der Waals surface area contributed by atoms with E-state index >= 15 is 0 Å². The third-order valence-corrected chi connectivity index (χ3v) is 7.59. The van der Waals surface area contributed by atoms with Crippen molar-refractivity contribution in [3.8, 4) is 5.75 Å². The van der Waals surface area contributed by atoms with Gasteiger partial charge in [-0.2, -0.15) is 0 Å². The molecule has 0 aromatic heterocycles. The zero-order valence-corrected chi connectivity index (χ0v) is 26.2. The van der Waals surface area contributed by atoms with Gasteiger partial charge in [-0.3, -0.25) is 5.32 Å². The molecule has 208 valence electrons. The van der Waals surface area contributed by atoms with Crippen molar-refractivity contribution >= 4 is 27.7 Å². The first-order valence-corrected chi connectivity index (χ1v) is 14.0. The van der Waals surface area contributed by atoms with Crippen LogP contribution in [0.1, 0.15) is 98.6 Å². The summed E-state index contributed by atoms with van der Waals surface area (Å²) in [6.45, 7) is 20.1. The van der Waals surface area contributed by atoms with Gasteiger partial charge in [0.25, 0.3) is 0 Å². The molecule has 1 unspecified atom stereocenters. The van der Waals surface area contributed by atoms with E-state index in [9.17, 15) is 4.79 Å². The van der Waals surface area contributed by atoms with Crippen LogP contribution in [0.15, 0.2) is 46.9 Å². The van der Waals surface area contributed by atoms with Gasteiger partial charge < -0.3 is 15.2 Å². The van der Waals surface area contributed by atoms with Crippen LogP contribution in [0.2, 0.25) is 0 Å². The minimum absolute atomic E-state index is 0.242. The second-order valence-electron chi connectivity index (χ2n) is 11.9. The fourth-order valence-corrected chi connectivity index (χ4v) is 4.36. The number of hydrogen-bond donors (Lipinski definition) is 2. The summed E-state index contributed by atoms with van der Waals surface area (Å²) >= 11 is 3.51. The SMILES string of the molecule is CCC(C)(C)CC(c1ccc(COc2ccc(NC(=O)OC(C)(C)C)c(Br)c2)cc1)C(C)(C)CC.CN. The van der Waals surface area contributed by atoms with E-state index < -0.39 is 11.7 Å². The molecule has 37 heavy (non-hydrogen) atoms. The maximum atomic E-state index is 12.0. The number of halogens is 1. The summed E-state index contributed by atoms with van der Waals surface area (Å²) < 4.78 is 12.1. The van der Waals surface area contributed by atoms with Gasteiger partial charge in [-0.15, -0.1) is 0 Å². The second-order valence-corrected chi connectivity index (χ2v) is 12.8. The van der Waals surface area contributed by atoms with Crippen LogP contribution in [0.25, 0.3) is 0 Å². The second kappa shape index (κ2) is 14.2. The van der Waals surface area contributed by atoms with Crippen LogP contribution in [-0.2, 0) is 11.3 Å². The Labute approximate surface area is 234 Å². The molecule has 2 rings (SSSR count). The number of hydrogen-bond acceptors (Lipinski definition) is 4. The molecular weight excluding hydrogens is 528 g/mol. The van der Waals surface area contributed by atoms with Gasteiger partial charge in [-0.05, 0) is 96.2 Å². The molecule has 1 amide bonds. The lowest BCUT2D eigenvalue weighted by Gasteiger charge is -2.39. The predicted molar refractivity (Wildman–Crippen MR) is 160 cm³/mol.